The molecule has 0 aromatic rings. The smallest absolute Gasteiger partial charge is 0.343 e. The van der Waals surface area contributed by atoms with E-state index in [1.807, 2.05) is 13.8 Å². The Bertz CT molecular complexity index is 331. The molecule has 0 aromatic heterocycles. The van der Waals surface area contributed by atoms with Gasteiger partial charge >= 0.3 is 6.03 Å². The van der Waals surface area contributed by atoms with Crippen molar-refractivity contribution in [2.45, 2.75) is 25.9 Å². The van der Waals surface area contributed by atoms with Gasteiger partial charge in [-0.05, 0) is 19.4 Å². The van der Waals surface area contributed by atoms with Crippen LogP contribution in [0.1, 0.15) is 13.8 Å². The van der Waals surface area contributed by atoms with E-state index in [4.69, 9.17) is 5.73 Å². The Balaban J connectivity index is 2.35. The lowest BCUT2D eigenvalue weighted by atomic mass is 10.0. The Labute approximate surface area is 76.1 Å². The van der Waals surface area contributed by atoms with Gasteiger partial charge in [0.15, 0.2) is 0 Å². The molecule has 2 aliphatic heterocycles. The summed E-state index contributed by atoms with van der Waals surface area (Å²) in [5.41, 5.74) is 7.82. The molecule has 2 amide bonds. The Morgan fingerprint density at radius 1 is 1.31 bits per heavy atom. The molecule has 0 saturated heterocycles. The van der Waals surface area contributed by atoms with E-state index >= 15 is 0 Å². The normalized spacial score (nSPS) is 32.2. The minimum atomic E-state index is -0.352. The van der Waals surface area contributed by atoms with Crippen molar-refractivity contribution in [1.29, 1.82) is 0 Å². The van der Waals surface area contributed by atoms with Gasteiger partial charge in [-0.2, -0.15) is 4.99 Å². The molecule has 4 N–H and O–H groups in total. The quantitative estimate of drug-likeness (QED) is 0.479. The average Bonchev–Trinajstić information content (AvgIpc) is 2.32. The summed E-state index contributed by atoms with van der Waals surface area (Å²) >= 11 is 0. The third-order valence-corrected chi connectivity index (χ3v) is 2.59. The van der Waals surface area contributed by atoms with Crippen LogP contribution in [0.15, 0.2) is 16.3 Å². The lowest BCUT2D eigenvalue weighted by Gasteiger charge is -2.25. The summed E-state index contributed by atoms with van der Waals surface area (Å²) in [5, 5.41) is 5.95. The molecule has 70 valence electrons. The minimum absolute atomic E-state index is 0.0231. The number of hydrogen-bond donors (Lipinski definition) is 3. The minimum Gasteiger partial charge on any atom is -0.385 e. The summed E-state index contributed by atoms with van der Waals surface area (Å²) < 4.78 is 0. The molecule has 2 unspecified atom stereocenters. The van der Waals surface area contributed by atoms with E-state index in [0.29, 0.717) is 5.84 Å². The zero-order chi connectivity index (χ0) is 9.59. The standard InChI is InChI=1S/C8H12N4O/c1-3-4(2)10-6-5(3)11-8(13)12-7(6)9/h5-6,10H,1-2H3,(H3,9,11,12,13). The van der Waals surface area contributed by atoms with Gasteiger partial charge in [0, 0.05) is 5.70 Å². The second-order valence-electron chi connectivity index (χ2n) is 3.39. The van der Waals surface area contributed by atoms with Crippen molar-refractivity contribution in [3.8, 4) is 0 Å². The molecule has 0 fully saturated rings. The fourth-order valence-electron chi connectivity index (χ4n) is 1.70. The van der Waals surface area contributed by atoms with Crippen LogP contribution >= 0.6 is 0 Å². The van der Waals surface area contributed by atoms with E-state index in [-0.39, 0.29) is 18.1 Å². The zero-order valence-electron chi connectivity index (χ0n) is 7.59. The second kappa shape index (κ2) is 2.48. The topological polar surface area (TPSA) is 79.5 Å². The highest BCUT2D eigenvalue weighted by Crippen LogP contribution is 2.20. The Morgan fingerprint density at radius 2 is 2.00 bits per heavy atom. The third kappa shape index (κ3) is 1.07. The fourth-order valence-corrected chi connectivity index (χ4v) is 1.70. The number of fused-ring (bicyclic) bond motifs is 1. The predicted molar refractivity (Wildman–Crippen MR) is 49.2 cm³/mol. The van der Waals surface area contributed by atoms with Crippen molar-refractivity contribution in [3.05, 3.63) is 11.3 Å². The SMILES string of the molecule is CC1=C(C)C2NC(=O)N=C(N)C2N1. The molecule has 2 atom stereocenters. The van der Waals surface area contributed by atoms with Gasteiger partial charge < -0.3 is 16.4 Å². The largest absolute Gasteiger partial charge is 0.385 e. The molecule has 13 heavy (non-hydrogen) atoms. The van der Waals surface area contributed by atoms with Crippen LogP contribution in [-0.4, -0.2) is 24.0 Å². The van der Waals surface area contributed by atoms with Crippen molar-refractivity contribution < 1.29 is 4.79 Å². The maximum absolute atomic E-state index is 11.0. The molecule has 0 aliphatic carbocycles. The average molecular weight is 180 g/mol. The molecule has 0 spiro atoms. The molecule has 2 rings (SSSR count). The van der Waals surface area contributed by atoms with Crippen LogP contribution in [0.4, 0.5) is 4.79 Å². The summed E-state index contributed by atoms with van der Waals surface area (Å²) in [7, 11) is 0. The highest BCUT2D eigenvalue weighted by molar-refractivity contribution is 6.00. The number of urea groups is 1. The van der Waals surface area contributed by atoms with Crippen molar-refractivity contribution >= 4 is 11.9 Å². The number of carbonyl (C=O) groups excluding carboxylic acids is 1. The van der Waals surface area contributed by atoms with Gasteiger partial charge in [-0.25, -0.2) is 4.79 Å². The summed E-state index contributed by atoms with van der Waals surface area (Å²) in [4.78, 5) is 14.7. The summed E-state index contributed by atoms with van der Waals surface area (Å²) in [6, 6.07) is -0.433. The lowest BCUT2D eigenvalue weighted by Crippen LogP contribution is -2.55. The number of nitrogens with zero attached hydrogens (tertiary/aromatic N) is 1. The number of carbonyl (C=O) groups is 1. The zero-order valence-corrected chi connectivity index (χ0v) is 7.59. The van der Waals surface area contributed by atoms with Crippen LogP contribution in [-0.2, 0) is 0 Å². The van der Waals surface area contributed by atoms with E-state index in [2.05, 4.69) is 15.6 Å². The van der Waals surface area contributed by atoms with Gasteiger partial charge in [-0.1, -0.05) is 0 Å². The molecule has 2 aliphatic rings. The first-order chi connectivity index (χ1) is 6.09. The first-order valence-electron chi connectivity index (χ1n) is 4.18. The number of aliphatic imine (C=N–C) groups is 1. The van der Waals surface area contributed by atoms with Crippen molar-refractivity contribution in [2.24, 2.45) is 10.7 Å². The van der Waals surface area contributed by atoms with Gasteiger partial charge in [-0.3, -0.25) is 0 Å². The van der Waals surface area contributed by atoms with Crippen LogP contribution in [0.25, 0.3) is 0 Å². The highest BCUT2D eigenvalue weighted by Gasteiger charge is 2.37. The number of amidine groups is 1. The molecule has 0 radical (unpaired) electrons. The first kappa shape index (κ1) is 8.10. The van der Waals surface area contributed by atoms with Crippen LogP contribution in [0.5, 0.6) is 0 Å². The van der Waals surface area contributed by atoms with Crippen molar-refractivity contribution in [3.63, 3.8) is 0 Å². The summed E-state index contributed by atoms with van der Waals surface area (Å²) in [6.07, 6.45) is 0. The van der Waals surface area contributed by atoms with E-state index in [0.717, 1.165) is 11.3 Å². The molecular formula is C8H12N4O. The monoisotopic (exact) mass is 180 g/mol. The molecule has 0 saturated carbocycles. The molecule has 0 bridgehead atoms. The number of nitrogens with two attached hydrogens (primary N) is 1. The van der Waals surface area contributed by atoms with Crippen LogP contribution in [0, 0.1) is 0 Å². The Morgan fingerprint density at radius 3 is 2.69 bits per heavy atom. The molecule has 2 heterocycles. The second-order valence-corrected chi connectivity index (χ2v) is 3.39. The fraction of sp³-hybridized carbons (Fsp3) is 0.500. The third-order valence-electron chi connectivity index (χ3n) is 2.59. The number of allylic oxidation sites excluding steroid dienone is 1. The maximum Gasteiger partial charge on any atom is 0.343 e. The molecule has 5 heteroatoms. The van der Waals surface area contributed by atoms with Crippen LogP contribution in [0.2, 0.25) is 0 Å². The van der Waals surface area contributed by atoms with Crippen LogP contribution < -0.4 is 16.4 Å². The molecule has 0 aromatic carbocycles. The van der Waals surface area contributed by atoms with Crippen molar-refractivity contribution in [1.82, 2.24) is 10.6 Å². The maximum atomic E-state index is 11.0. The number of hydrogen-bond acceptors (Lipinski definition) is 3. The summed E-state index contributed by atoms with van der Waals surface area (Å²) in [6.45, 7) is 3.94. The van der Waals surface area contributed by atoms with Gasteiger partial charge in [0.25, 0.3) is 0 Å². The molecular weight excluding hydrogens is 168 g/mol. The van der Waals surface area contributed by atoms with Gasteiger partial charge in [0.05, 0.1) is 6.04 Å². The van der Waals surface area contributed by atoms with Crippen LogP contribution in [0.3, 0.4) is 0 Å². The predicted octanol–water partition coefficient (Wildman–Crippen LogP) is -0.299. The van der Waals surface area contributed by atoms with Gasteiger partial charge in [-0.15, -0.1) is 0 Å². The number of rotatable bonds is 0. The molecule has 5 nitrogen and oxygen atoms in total. The number of nitrogens with one attached hydrogen (secondary N) is 2. The number of amides is 2. The Hall–Kier alpha value is -1.52. The van der Waals surface area contributed by atoms with E-state index < -0.39 is 0 Å². The van der Waals surface area contributed by atoms with E-state index in [9.17, 15) is 4.79 Å². The first-order valence-corrected chi connectivity index (χ1v) is 4.18. The highest BCUT2D eigenvalue weighted by atomic mass is 16.2. The van der Waals surface area contributed by atoms with E-state index in [1.54, 1.807) is 0 Å². The van der Waals surface area contributed by atoms with Gasteiger partial charge in [0.2, 0.25) is 0 Å². The van der Waals surface area contributed by atoms with Crippen molar-refractivity contribution in [2.75, 3.05) is 0 Å². The lowest BCUT2D eigenvalue weighted by molar-refractivity contribution is 0.244. The van der Waals surface area contributed by atoms with Gasteiger partial charge in [0.1, 0.15) is 11.9 Å². The Kier molecular flexibility index (Phi) is 1.55. The summed E-state index contributed by atoms with van der Waals surface area (Å²) in [5.74, 6) is 0.366. The van der Waals surface area contributed by atoms with E-state index in [1.165, 1.54) is 0 Å².